The van der Waals surface area contributed by atoms with Gasteiger partial charge in [-0.05, 0) is 53.0 Å². The van der Waals surface area contributed by atoms with Gasteiger partial charge in [-0.25, -0.2) is 4.98 Å². The van der Waals surface area contributed by atoms with Crippen LogP contribution in [0, 0.1) is 0 Å². The van der Waals surface area contributed by atoms with Gasteiger partial charge in [-0.15, -0.1) is 0 Å². The van der Waals surface area contributed by atoms with Gasteiger partial charge in [-0.3, -0.25) is 9.69 Å². The normalized spacial score (nSPS) is 16.2. The number of hydrogen-bond donors (Lipinski definition) is 0. The lowest BCUT2D eigenvalue weighted by molar-refractivity contribution is 0.0917. The largest absolute Gasteiger partial charge is 0.495 e. The first-order valence-corrected chi connectivity index (χ1v) is 10.9. The van der Waals surface area contributed by atoms with Crippen LogP contribution in [0.15, 0.2) is 40.9 Å². The highest BCUT2D eigenvalue weighted by atomic mass is 79.9. The number of thiazole rings is 1. The number of anilines is 1. The number of hydrogen-bond acceptors (Lipinski definition) is 6. The molecule has 29 heavy (non-hydrogen) atoms. The van der Waals surface area contributed by atoms with Crippen LogP contribution in [0.5, 0.6) is 11.5 Å². The second-order valence-corrected chi connectivity index (χ2v) is 8.51. The first-order chi connectivity index (χ1) is 14.1. The fraction of sp³-hybridized carbons (Fsp3) is 0.333. The minimum absolute atomic E-state index is 0.00482. The van der Waals surface area contributed by atoms with Gasteiger partial charge in [0.25, 0.3) is 5.91 Å². The summed E-state index contributed by atoms with van der Waals surface area (Å²) >= 11 is 4.96. The molecule has 1 aromatic heterocycles. The van der Waals surface area contributed by atoms with Crippen LogP contribution in [0.4, 0.5) is 5.13 Å². The molecule has 0 N–H and O–H groups in total. The SMILES string of the molecule is COc1cc(C(=O)N(CC2CCCO2)c2nc3ccccc3s2)cc(OC)c1Br. The third kappa shape index (κ3) is 4.10. The van der Waals surface area contributed by atoms with Crippen LogP contribution in [-0.2, 0) is 4.74 Å². The van der Waals surface area contributed by atoms with Crippen molar-refractivity contribution in [2.75, 3.05) is 32.3 Å². The molecule has 3 aromatic rings. The zero-order valence-electron chi connectivity index (χ0n) is 16.2. The van der Waals surface area contributed by atoms with E-state index in [4.69, 9.17) is 19.2 Å². The van der Waals surface area contributed by atoms with E-state index in [0.717, 1.165) is 29.7 Å². The Labute approximate surface area is 181 Å². The number of amides is 1. The Balaban J connectivity index is 1.75. The second kappa shape index (κ2) is 8.69. The average molecular weight is 477 g/mol. The van der Waals surface area contributed by atoms with E-state index in [1.807, 2.05) is 24.3 Å². The van der Waals surface area contributed by atoms with Gasteiger partial charge in [-0.2, -0.15) is 0 Å². The lowest BCUT2D eigenvalue weighted by atomic mass is 10.1. The molecule has 0 saturated carbocycles. The quantitative estimate of drug-likeness (QED) is 0.506. The summed E-state index contributed by atoms with van der Waals surface area (Å²) in [7, 11) is 3.12. The van der Waals surface area contributed by atoms with Crippen LogP contribution in [0.25, 0.3) is 10.2 Å². The van der Waals surface area contributed by atoms with Crippen molar-refractivity contribution in [1.82, 2.24) is 4.98 Å². The number of rotatable bonds is 6. The minimum atomic E-state index is -0.163. The first-order valence-electron chi connectivity index (χ1n) is 9.31. The smallest absolute Gasteiger partial charge is 0.260 e. The van der Waals surface area contributed by atoms with Crippen molar-refractivity contribution in [3.8, 4) is 11.5 Å². The number of carbonyl (C=O) groups excluding carboxylic acids is 1. The molecule has 1 amide bonds. The Bertz CT molecular complexity index is 974. The molecule has 2 heterocycles. The Morgan fingerprint density at radius 3 is 2.62 bits per heavy atom. The summed E-state index contributed by atoms with van der Waals surface area (Å²) in [6.07, 6.45) is 1.94. The third-order valence-electron chi connectivity index (χ3n) is 4.86. The first kappa shape index (κ1) is 20.1. The minimum Gasteiger partial charge on any atom is -0.495 e. The van der Waals surface area contributed by atoms with Crippen LogP contribution in [0.1, 0.15) is 23.2 Å². The molecular formula is C21H21BrN2O4S. The van der Waals surface area contributed by atoms with Crippen LogP contribution >= 0.6 is 27.3 Å². The summed E-state index contributed by atoms with van der Waals surface area (Å²) in [6, 6.07) is 11.3. The fourth-order valence-electron chi connectivity index (χ4n) is 3.36. The van der Waals surface area contributed by atoms with E-state index in [1.165, 1.54) is 11.3 Å². The molecule has 1 saturated heterocycles. The fourth-order valence-corrected chi connectivity index (χ4v) is 4.89. The van der Waals surface area contributed by atoms with Crippen LogP contribution in [-0.4, -0.2) is 44.4 Å². The van der Waals surface area contributed by atoms with Crippen LogP contribution < -0.4 is 14.4 Å². The maximum Gasteiger partial charge on any atom is 0.260 e. The van der Waals surface area contributed by atoms with Crippen LogP contribution in [0.2, 0.25) is 0 Å². The van der Waals surface area contributed by atoms with E-state index >= 15 is 0 Å². The van der Waals surface area contributed by atoms with Crippen molar-refractivity contribution < 1.29 is 19.0 Å². The molecule has 6 nitrogen and oxygen atoms in total. The number of para-hydroxylation sites is 1. The molecule has 0 bridgehead atoms. The number of carbonyl (C=O) groups is 1. The number of benzene rings is 2. The highest BCUT2D eigenvalue weighted by Crippen LogP contribution is 2.37. The van der Waals surface area contributed by atoms with Gasteiger partial charge in [0.2, 0.25) is 0 Å². The summed E-state index contributed by atoms with van der Waals surface area (Å²) < 4.78 is 18.3. The molecule has 1 aliphatic heterocycles. The monoisotopic (exact) mass is 476 g/mol. The molecule has 0 radical (unpaired) electrons. The standard InChI is InChI=1S/C21H21BrN2O4S/c1-26-16-10-13(11-17(27-2)19(16)22)20(25)24(12-14-6-5-9-28-14)21-23-15-7-3-4-8-18(15)29-21/h3-4,7-8,10-11,14H,5-6,9,12H2,1-2H3. The van der Waals surface area contributed by atoms with Gasteiger partial charge < -0.3 is 14.2 Å². The van der Waals surface area contributed by atoms with Crippen molar-refractivity contribution in [3.63, 3.8) is 0 Å². The lowest BCUT2D eigenvalue weighted by Crippen LogP contribution is -2.37. The summed E-state index contributed by atoms with van der Waals surface area (Å²) in [5.74, 6) is 0.909. The summed E-state index contributed by atoms with van der Waals surface area (Å²) in [5.41, 5.74) is 1.35. The number of fused-ring (bicyclic) bond motifs is 1. The average Bonchev–Trinajstić information content (AvgIpc) is 3.41. The number of ether oxygens (including phenoxy) is 3. The Hall–Kier alpha value is -2.16. The van der Waals surface area contributed by atoms with E-state index in [2.05, 4.69) is 15.9 Å². The van der Waals surface area contributed by atoms with Crippen molar-refractivity contribution >= 4 is 48.5 Å². The molecule has 8 heteroatoms. The van der Waals surface area contributed by atoms with Gasteiger partial charge in [0.15, 0.2) is 5.13 Å². The predicted octanol–water partition coefficient (Wildman–Crippen LogP) is 4.90. The van der Waals surface area contributed by atoms with E-state index in [-0.39, 0.29) is 12.0 Å². The molecule has 4 rings (SSSR count). The predicted molar refractivity (Wildman–Crippen MR) is 118 cm³/mol. The summed E-state index contributed by atoms with van der Waals surface area (Å²) in [6.45, 7) is 1.19. The topological polar surface area (TPSA) is 60.9 Å². The summed E-state index contributed by atoms with van der Waals surface area (Å²) in [4.78, 5) is 20.0. The highest BCUT2D eigenvalue weighted by molar-refractivity contribution is 9.10. The summed E-state index contributed by atoms with van der Waals surface area (Å²) in [5, 5.41) is 0.660. The molecule has 0 aliphatic carbocycles. The van der Waals surface area contributed by atoms with Crippen molar-refractivity contribution in [1.29, 1.82) is 0 Å². The Kier molecular flexibility index (Phi) is 6.03. The van der Waals surface area contributed by atoms with E-state index in [9.17, 15) is 4.79 Å². The molecule has 152 valence electrons. The molecular weight excluding hydrogens is 456 g/mol. The van der Waals surface area contributed by atoms with Gasteiger partial charge in [0.05, 0.1) is 37.1 Å². The van der Waals surface area contributed by atoms with E-state index in [1.54, 1.807) is 31.3 Å². The number of methoxy groups -OCH3 is 2. The lowest BCUT2D eigenvalue weighted by Gasteiger charge is -2.23. The molecule has 1 fully saturated rings. The molecule has 1 aliphatic rings. The molecule has 1 atom stereocenters. The molecule has 1 unspecified atom stereocenters. The maximum atomic E-state index is 13.6. The van der Waals surface area contributed by atoms with E-state index in [0.29, 0.717) is 33.2 Å². The Morgan fingerprint density at radius 2 is 2.00 bits per heavy atom. The van der Waals surface area contributed by atoms with Crippen LogP contribution in [0.3, 0.4) is 0 Å². The van der Waals surface area contributed by atoms with E-state index < -0.39 is 0 Å². The number of halogens is 1. The zero-order valence-corrected chi connectivity index (χ0v) is 18.6. The second-order valence-electron chi connectivity index (χ2n) is 6.71. The molecule has 2 aromatic carbocycles. The third-order valence-corrected chi connectivity index (χ3v) is 6.70. The Morgan fingerprint density at radius 1 is 1.28 bits per heavy atom. The van der Waals surface area contributed by atoms with Gasteiger partial charge >= 0.3 is 0 Å². The zero-order chi connectivity index (χ0) is 20.4. The number of aromatic nitrogens is 1. The van der Waals surface area contributed by atoms with Gasteiger partial charge in [-0.1, -0.05) is 23.5 Å². The van der Waals surface area contributed by atoms with Crippen molar-refractivity contribution in [2.45, 2.75) is 18.9 Å². The highest BCUT2D eigenvalue weighted by Gasteiger charge is 2.28. The van der Waals surface area contributed by atoms with Gasteiger partial charge in [0.1, 0.15) is 16.0 Å². The van der Waals surface area contributed by atoms with Crippen molar-refractivity contribution in [2.24, 2.45) is 0 Å². The number of nitrogens with zero attached hydrogens (tertiary/aromatic N) is 2. The maximum absolute atomic E-state index is 13.6. The molecule has 0 spiro atoms. The van der Waals surface area contributed by atoms with Crippen molar-refractivity contribution in [3.05, 3.63) is 46.4 Å². The van der Waals surface area contributed by atoms with Gasteiger partial charge in [0, 0.05) is 12.2 Å².